The van der Waals surface area contributed by atoms with Crippen LogP contribution in [0.25, 0.3) is 0 Å². The lowest BCUT2D eigenvalue weighted by atomic mass is 9.52. The summed E-state index contributed by atoms with van der Waals surface area (Å²) in [7, 11) is 0. The van der Waals surface area contributed by atoms with Crippen LogP contribution in [0, 0.1) is 18.3 Å². The molecule has 0 radical (unpaired) electrons. The lowest BCUT2D eigenvalue weighted by Gasteiger charge is -2.50. The quantitative estimate of drug-likeness (QED) is 0.819. The molecule has 1 saturated heterocycles. The molecule has 1 aromatic carbocycles. The minimum atomic E-state index is -0.655. The first-order chi connectivity index (χ1) is 11.1. The van der Waals surface area contributed by atoms with E-state index in [1.54, 1.807) is 0 Å². The summed E-state index contributed by atoms with van der Waals surface area (Å²) in [5.74, 6) is 0.639. The van der Waals surface area contributed by atoms with Gasteiger partial charge < -0.3 is 9.84 Å². The summed E-state index contributed by atoms with van der Waals surface area (Å²) in [5, 5.41) is 11.0. The monoisotopic (exact) mass is 312 g/mol. The largest absolute Gasteiger partial charge is 0.367 e. The summed E-state index contributed by atoms with van der Waals surface area (Å²) in [4.78, 5) is 0. The molecule has 1 unspecified atom stereocenters. The summed E-state index contributed by atoms with van der Waals surface area (Å²) in [6.45, 7) is 6.27. The predicted octanol–water partition coefficient (Wildman–Crippen LogP) is 4.71. The first-order valence-electron chi connectivity index (χ1n) is 9.17. The van der Waals surface area contributed by atoms with Gasteiger partial charge in [-0.2, -0.15) is 0 Å². The second-order valence-corrected chi connectivity index (χ2v) is 7.92. The Kier molecular flexibility index (Phi) is 3.66. The molecule has 124 valence electrons. The van der Waals surface area contributed by atoms with E-state index in [2.05, 4.69) is 43.8 Å². The van der Waals surface area contributed by atoms with Crippen LogP contribution in [0.3, 0.4) is 0 Å². The SMILES string of the molecule is C=C[C@H](c1ccc(C)cc1)[C@@]12CCC[C@]3(CCCC[C@@H]31)OC2O. The molecule has 5 atom stereocenters. The van der Waals surface area contributed by atoms with Gasteiger partial charge in [-0.1, -0.05) is 48.7 Å². The Morgan fingerprint density at radius 2 is 1.91 bits per heavy atom. The van der Waals surface area contributed by atoms with Crippen molar-refractivity contribution < 1.29 is 9.84 Å². The van der Waals surface area contributed by atoms with Crippen molar-refractivity contribution in [3.63, 3.8) is 0 Å². The van der Waals surface area contributed by atoms with E-state index in [9.17, 15) is 5.11 Å². The number of aliphatic hydroxyl groups is 1. The Morgan fingerprint density at radius 1 is 1.17 bits per heavy atom. The molecule has 0 aromatic heterocycles. The molecule has 2 nitrogen and oxygen atoms in total. The molecule has 2 heteroatoms. The van der Waals surface area contributed by atoms with Crippen molar-refractivity contribution in [3.8, 4) is 0 Å². The first-order valence-corrected chi connectivity index (χ1v) is 9.17. The van der Waals surface area contributed by atoms with Gasteiger partial charge in [-0.05, 0) is 50.5 Å². The lowest BCUT2D eigenvalue weighted by molar-refractivity contribution is -0.164. The van der Waals surface area contributed by atoms with E-state index in [1.807, 2.05) is 0 Å². The van der Waals surface area contributed by atoms with Crippen LogP contribution in [-0.4, -0.2) is 17.0 Å². The van der Waals surface area contributed by atoms with Crippen LogP contribution < -0.4 is 0 Å². The molecule has 3 aliphatic rings. The van der Waals surface area contributed by atoms with Gasteiger partial charge in [0, 0.05) is 11.3 Å². The van der Waals surface area contributed by atoms with E-state index < -0.39 is 6.29 Å². The van der Waals surface area contributed by atoms with Gasteiger partial charge in [0.2, 0.25) is 0 Å². The van der Waals surface area contributed by atoms with Crippen molar-refractivity contribution >= 4 is 0 Å². The molecule has 4 rings (SSSR count). The molecule has 23 heavy (non-hydrogen) atoms. The third kappa shape index (κ3) is 2.08. The highest BCUT2D eigenvalue weighted by molar-refractivity contribution is 5.32. The van der Waals surface area contributed by atoms with Gasteiger partial charge in [0.1, 0.15) is 0 Å². The zero-order valence-corrected chi connectivity index (χ0v) is 14.1. The van der Waals surface area contributed by atoms with Gasteiger partial charge in [0.25, 0.3) is 0 Å². The molecule has 0 amide bonds. The number of allylic oxidation sites excluding steroid dienone is 1. The Morgan fingerprint density at radius 3 is 2.65 bits per heavy atom. The number of aliphatic hydroxyl groups excluding tert-OH is 1. The maximum absolute atomic E-state index is 11.0. The second kappa shape index (κ2) is 5.46. The number of hydrogen-bond donors (Lipinski definition) is 1. The third-order valence-corrected chi connectivity index (χ3v) is 6.89. The molecule has 2 saturated carbocycles. The van der Waals surface area contributed by atoms with E-state index in [0.29, 0.717) is 5.92 Å². The molecule has 1 aliphatic heterocycles. The summed E-state index contributed by atoms with van der Waals surface area (Å²) in [6, 6.07) is 8.75. The fraction of sp³-hybridized carbons (Fsp3) is 0.619. The highest BCUT2D eigenvalue weighted by Crippen LogP contribution is 2.67. The van der Waals surface area contributed by atoms with E-state index in [0.717, 1.165) is 25.7 Å². The topological polar surface area (TPSA) is 29.5 Å². The van der Waals surface area contributed by atoms with Crippen molar-refractivity contribution in [2.75, 3.05) is 0 Å². The number of aryl methyl sites for hydroxylation is 1. The maximum Gasteiger partial charge on any atom is 0.162 e. The maximum atomic E-state index is 11.0. The third-order valence-electron chi connectivity index (χ3n) is 6.89. The van der Waals surface area contributed by atoms with Crippen LogP contribution in [0.5, 0.6) is 0 Å². The average Bonchev–Trinajstić information content (AvgIpc) is 2.71. The Bertz CT molecular complexity index is 588. The van der Waals surface area contributed by atoms with Crippen molar-refractivity contribution in [1.82, 2.24) is 0 Å². The normalized spacial score (nSPS) is 40.4. The van der Waals surface area contributed by atoms with Crippen LogP contribution in [0.2, 0.25) is 0 Å². The highest BCUT2D eigenvalue weighted by Gasteiger charge is 2.67. The summed E-state index contributed by atoms with van der Waals surface area (Å²) in [6.07, 6.45) is 9.54. The number of ether oxygens (including phenoxy) is 1. The standard InChI is InChI=1S/C21H28O2/c1-3-17(16-10-8-15(2)9-11-16)21-14-6-13-20(23-19(21)22)12-5-4-7-18(20)21/h3,8-11,17-19,22H,1,4-7,12-14H2,2H3/t17-,18+,19?,20+,21+/m1/s1. The number of hydrogen-bond acceptors (Lipinski definition) is 2. The van der Waals surface area contributed by atoms with E-state index >= 15 is 0 Å². The van der Waals surface area contributed by atoms with Gasteiger partial charge in [-0.15, -0.1) is 6.58 Å². The predicted molar refractivity (Wildman–Crippen MR) is 92.2 cm³/mol. The van der Waals surface area contributed by atoms with Crippen molar-refractivity contribution in [2.24, 2.45) is 11.3 Å². The highest BCUT2D eigenvalue weighted by atomic mass is 16.6. The van der Waals surface area contributed by atoms with Gasteiger partial charge in [-0.25, -0.2) is 0 Å². The number of benzene rings is 1. The molecular weight excluding hydrogens is 284 g/mol. The smallest absolute Gasteiger partial charge is 0.162 e. The Labute approximate surface area is 139 Å². The summed E-state index contributed by atoms with van der Waals surface area (Å²) in [5.41, 5.74) is 2.29. The molecule has 1 aromatic rings. The summed E-state index contributed by atoms with van der Waals surface area (Å²) < 4.78 is 6.32. The molecule has 0 spiro atoms. The first kappa shape index (κ1) is 15.4. The van der Waals surface area contributed by atoms with Crippen LogP contribution in [0.4, 0.5) is 0 Å². The van der Waals surface area contributed by atoms with E-state index in [1.165, 1.54) is 30.4 Å². The minimum absolute atomic E-state index is 0.0676. The van der Waals surface area contributed by atoms with Crippen molar-refractivity contribution in [1.29, 1.82) is 0 Å². The van der Waals surface area contributed by atoms with Crippen LogP contribution in [0.1, 0.15) is 62.0 Å². The lowest BCUT2D eigenvalue weighted by Crippen LogP contribution is -2.49. The zero-order valence-electron chi connectivity index (χ0n) is 14.1. The zero-order chi connectivity index (χ0) is 16.1. The van der Waals surface area contributed by atoms with Crippen LogP contribution in [-0.2, 0) is 4.74 Å². The van der Waals surface area contributed by atoms with E-state index in [-0.39, 0.29) is 16.9 Å². The fourth-order valence-electron chi connectivity index (χ4n) is 5.93. The van der Waals surface area contributed by atoms with Crippen LogP contribution in [0.15, 0.2) is 36.9 Å². The van der Waals surface area contributed by atoms with Gasteiger partial charge >= 0.3 is 0 Å². The molecule has 3 fully saturated rings. The minimum Gasteiger partial charge on any atom is -0.367 e. The fourth-order valence-corrected chi connectivity index (χ4v) is 5.93. The number of rotatable bonds is 3. The van der Waals surface area contributed by atoms with Gasteiger partial charge in [0.15, 0.2) is 6.29 Å². The molecular formula is C21H28O2. The van der Waals surface area contributed by atoms with Crippen molar-refractivity contribution in [3.05, 3.63) is 48.0 Å². The van der Waals surface area contributed by atoms with Gasteiger partial charge in [0.05, 0.1) is 5.60 Å². The average molecular weight is 312 g/mol. The van der Waals surface area contributed by atoms with Gasteiger partial charge in [-0.3, -0.25) is 0 Å². The van der Waals surface area contributed by atoms with E-state index in [4.69, 9.17) is 4.74 Å². The molecule has 2 bridgehead atoms. The molecule has 2 aliphatic carbocycles. The molecule has 1 N–H and O–H groups in total. The second-order valence-electron chi connectivity index (χ2n) is 7.92. The Hall–Kier alpha value is -1.12. The Balaban J connectivity index is 1.80. The summed E-state index contributed by atoms with van der Waals surface area (Å²) >= 11 is 0. The van der Waals surface area contributed by atoms with Crippen molar-refractivity contribution in [2.45, 2.75) is 69.7 Å². The van der Waals surface area contributed by atoms with Crippen LogP contribution >= 0.6 is 0 Å². The molecule has 1 heterocycles.